The molecule has 1 N–H and O–H groups in total. The number of fused-ring (bicyclic) bond motifs is 1. The van der Waals surface area contributed by atoms with Gasteiger partial charge in [0.25, 0.3) is 0 Å². The average Bonchev–Trinajstić information content (AvgIpc) is 2.82. The maximum absolute atomic E-state index is 6.33. The zero-order valence-corrected chi connectivity index (χ0v) is 20.8. The van der Waals surface area contributed by atoms with Crippen LogP contribution >= 0.6 is 23.2 Å². The first-order valence-corrected chi connectivity index (χ1v) is 12.4. The van der Waals surface area contributed by atoms with Gasteiger partial charge < -0.3 is 20.0 Å². The van der Waals surface area contributed by atoms with E-state index in [1.807, 2.05) is 24.5 Å². The first kappa shape index (κ1) is 22.8. The van der Waals surface area contributed by atoms with Gasteiger partial charge in [-0.3, -0.25) is 4.99 Å². The highest BCUT2D eigenvalue weighted by Crippen LogP contribution is 2.44. The highest BCUT2D eigenvalue weighted by atomic mass is 35.5. The summed E-state index contributed by atoms with van der Waals surface area (Å²) in [4.78, 5) is 21.3. The van der Waals surface area contributed by atoms with E-state index >= 15 is 0 Å². The van der Waals surface area contributed by atoms with Gasteiger partial charge in [-0.05, 0) is 64.1 Å². The summed E-state index contributed by atoms with van der Waals surface area (Å²) in [5, 5.41) is 4.79. The fraction of sp³-hybridized carbons (Fsp3) is 0.542. The number of rotatable bonds is 3. The molecule has 2 fully saturated rings. The first-order chi connectivity index (χ1) is 15.9. The van der Waals surface area contributed by atoms with Crippen LogP contribution in [0.4, 0.5) is 11.6 Å². The Morgan fingerprint density at radius 2 is 1.58 bits per heavy atom. The minimum Gasteiger partial charge on any atom is -0.343 e. The van der Waals surface area contributed by atoms with Crippen molar-refractivity contribution in [3.05, 3.63) is 45.7 Å². The van der Waals surface area contributed by atoms with E-state index in [1.54, 1.807) is 0 Å². The van der Waals surface area contributed by atoms with Gasteiger partial charge in [0.1, 0.15) is 5.84 Å². The molecule has 5 rings (SSSR count). The molecule has 9 heteroatoms. The largest absolute Gasteiger partial charge is 0.343 e. The van der Waals surface area contributed by atoms with Crippen LogP contribution in [0.1, 0.15) is 24.0 Å². The lowest BCUT2D eigenvalue weighted by atomic mass is 9.70. The molecular weight excluding hydrogens is 457 g/mol. The Morgan fingerprint density at radius 3 is 2.27 bits per heavy atom. The minimum absolute atomic E-state index is 0.00268. The number of amidine groups is 1. The summed E-state index contributed by atoms with van der Waals surface area (Å²) in [6.45, 7) is 6.67. The Balaban J connectivity index is 1.36. The van der Waals surface area contributed by atoms with Gasteiger partial charge >= 0.3 is 0 Å². The molecular formula is C24H31Cl2N7. The summed E-state index contributed by atoms with van der Waals surface area (Å²) >= 11 is 12.6. The number of hydrogen-bond donors (Lipinski definition) is 1. The molecule has 0 amide bonds. The maximum Gasteiger partial charge on any atom is 0.225 e. The third kappa shape index (κ3) is 4.83. The van der Waals surface area contributed by atoms with E-state index in [0.29, 0.717) is 16.6 Å². The minimum atomic E-state index is -0.00268. The molecule has 176 valence electrons. The maximum atomic E-state index is 6.33. The molecule has 0 saturated carbocycles. The van der Waals surface area contributed by atoms with Crippen molar-refractivity contribution in [1.82, 2.24) is 19.8 Å². The molecule has 1 aromatic heterocycles. The fourth-order valence-corrected chi connectivity index (χ4v) is 5.35. The molecule has 0 atom stereocenters. The number of hydrogen-bond acceptors (Lipinski definition) is 6. The Labute approximate surface area is 205 Å². The molecule has 1 spiro atoms. The van der Waals surface area contributed by atoms with Crippen molar-refractivity contribution >= 4 is 40.7 Å². The standard InChI is InChI=1S/C24H31Cl2N7/c1-31-5-3-24(4-6-31)13-18-11-19(25)20(26)12-21(18)30-22(24)27-14-17-15-28-23(29-16-17)33-9-7-32(2)8-10-33/h11-12,15-16H,3-10,13-14H2,1-2H3,(H,27,30). The normalized spacial score (nSPS) is 22.4. The van der Waals surface area contributed by atoms with E-state index in [2.05, 4.69) is 44.1 Å². The summed E-state index contributed by atoms with van der Waals surface area (Å²) in [5.74, 6) is 1.85. The number of aliphatic imine (C=N–C) groups is 1. The Bertz CT molecular complexity index is 1020. The molecule has 7 nitrogen and oxygen atoms in total. The van der Waals surface area contributed by atoms with Gasteiger partial charge in [0, 0.05) is 55.2 Å². The van der Waals surface area contributed by atoms with E-state index in [4.69, 9.17) is 28.2 Å². The second-order valence-electron chi connectivity index (χ2n) is 9.66. The summed E-state index contributed by atoms with van der Waals surface area (Å²) in [7, 11) is 4.33. The van der Waals surface area contributed by atoms with Crippen molar-refractivity contribution in [3.63, 3.8) is 0 Å². The molecule has 33 heavy (non-hydrogen) atoms. The van der Waals surface area contributed by atoms with Gasteiger partial charge in [-0.1, -0.05) is 23.2 Å². The van der Waals surface area contributed by atoms with E-state index in [-0.39, 0.29) is 5.41 Å². The number of aromatic nitrogens is 2. The SMILES string of the molecule is CN1CCN(c2ncc(CN=C3Nc4cc(Cl)c(Cl)cc4CC34CCN(C)CC4)cn2)CC1. The number of piperazine rings is 1. The quantitative estimate of drug-likeness (QED) is 0.709. The van der Waals surface area contributed by atoms with Crippen molar-refractivity contribution in [2.75, 3.05) is 63.6 Å². The highest BCUT2D eigenvalue weighted by Gasteiger charge is 2.42. The van der Waals surface area contributed by atoms with E-state index in [9.17, 15) is 0 Å². The second kappa shape index (κ2) is 9.37. The van der Waals surface area contributed by atoms with Crippen molar-refractivity contribution in [3.8, 4) is 0 Å². The van der Waals surface area contributed by atoms with Crippen LogP contribution in [-0.4, -0.2) is 79.0 Å². The van der Waals surface area contributed by atoms with Crippen LogP contribution in [0.15, 0.2) is 29.5 Å². The summed E-state index contributed by atoms with van der Waals surface area (Å²) in [5.41, 5.74) is 3.24. The lowest BCUT2D eigenvalue weighted by Crippen LogP contribution is -2.49. The molecule has 0 aliphatic carbocycles. The highest BCUT2D eigenvalue weighted by molar-refractivity contribution is 6.42. The predicted octanol–water partition coefficient (Wildman–Crippen LogP) is 3.81. The molecule has 0 unspecified atom stereocenters. The third-order valence-corrected chi connectivity index (χ3v) is 7.99. The topological polar surface area (TPSA) is 59.9 Å². The van der Waals surface area contributed by atoms with Crippen molar-refractivity contribution in [2.45, 2.75) is 25.8 Å². The molecule has 2 aromatic rings. The molecule has 2 saturated heterocycles. The van der Waals surface area contributed by atoms with Gasteiger partial charge in [-0.25, -0.2) is 9.97 Å². The van der Waals surface area contributed by atoms with Gasteiger partial charge in [0.2, 0.25) is 5.95 Å². The molecule has 0 radical (unpaired) electrons. The number of likely N-dealkylation sites (N-methyl/N-ethyl adjacent to an activating group) is 1. The Morgan fingerprint density at radius 1 is 0.939 bits per heavy atom. The van der Waals surface area contributed by atoms with Crippen LogP contribution in [0, 0.1) is 5.41 Å². The van der Waals surface area contributed by atoms with Gasteiger partial charge in [0.15, 0.2) is 0 Å². The van der Waals surface area contributed by atoms with E-state index in [1.165, 1.54) is 5.56 Å². The van der Waals surface area contributed by atoms with Crippen LogP contribution < -0.4 is 10.2 Å². The van der Waals surface area contributed by atoms with Crippen molar-refractivity contribution in [1.29, 1.82) is 0 Å². The lowest BCUT2D eigenvalue weighted by Gasteiger charge is -2.45. The lowest BCUT2D eigenvalue weighted by molar-refractivity contribution is 0.178. The van der Waals surface area contributed by atoms with Gasteiger partial charge in [0.05, 0.1) is 16.6 Å². The summed E-state index contributed by atoms with van der Waals surface area (Å²) in [6.07, 6.45) is 6.89. The number of benzene rings is 1. The Kier molecular flexibility index (Phi) is 6.49. The molecule has 4 heterocycles. The van der Waals surface area contributed by atoms with Gasteiger partial charge in [-0.15, -0.1) is 0 Å². The molecule has 1 aromatic carbocycles. The first-order valence-electron chi connectivity index (χ1n) is 11.6. The predicted molar refractivity (Wildman–Crippen MR) is 136 cm³/mol. The summed E-state index contributed by atoms with van der Waals surface area (Å²) < 4.78 is 0. The van der Waals surface area contributed by atoms with E-state index in [0.717, 1.165) is 81.6 Å². The zero-order valence-electron chi connectivity index (χ0n) is 19.3. The number of piperidine rings is 1. The van der Waals surface area contributed by atoms with Crippen molar-refractivity contribution in [2.24, 2.45) is 10.4 Å². The fourth-order valence-electron chi connectivity index (χ4n) is 5.00. The van der Waals surface area contributed by atoms with Crippen LogP contribution in [-0.2, 0) is 13.0 Å². The number of nitrogens with zero attached hydrogens (tertiary/aromatic N) is 6. The van der Waals surface area contributed by atoms with Crippen molar-refractivity contribution < 1.29 is 0 Å². The van der Waals surface area contributed by atoms with Crippen LogP contribution in [0.3, 0.4) is 0 Å². The van der Waals surface area contributed by atoms with Crippen LogP contribution in [0.25, 0.3) is 0 Å². The van der Waals surface area contributed by atoms with Gasteiger partial charge in [-0.2, -0.15) is 0 Å². The zero-order chi connectivity index (χ0) is 23.0. The number of likely N-dealkylation sites (tertiary alicyclic amines) is 1. The molecule has 3 aliphatic rings. The average molecular weight is 488 g/mol. The molecule has 0 bridgehead atoms. The number of halogens is 2. The summed E-state index contributed by atoms with van der Waals surface area (Å²) in [6, 6.07) is 3.93. The van der Waals surface area contributed by atoms with Crippen LogP contribution in [0.5, 0.6) is 0 Å². The third-order valence-electron chi connectivity index (χ3n) is 7.27. The monoisotopic (exact) mass is 487 g/mol. The smallest absolute Gasteiger partial charge is 0.225 e. The van der Waals surface area contributed by atoms with E-state index < -0.39 is 0 Å². The number of anilines is 2. The number of nitrogens with one attached hydrogen (secondary N) is 1. The second-order valence-corrected chi connectivity index (χ2v) is 10.5. The van der Waals surface area contributed by atoms with Crippen LogP contribution in [0.2, 0.25) is 10.0 Å². The Hall–Kier alpha value is -1.93. The molecule has 3 aliphatic heterocycles.